The molecule has 1 aromatic heterocycles. The van der Waals surface area contributed by atoms with Crippen LogP contribution in [0.5, 0.6) is 0 Å². The summed E-state index contributed by atoms with van der Waals surface area (Å²) in [6.07, 6.45) is 0. The van der Waals surface area contributed by atoms with Crippen molar-refractivity contribution in [2.45, 2.75) is 77.0 Å². The third-order valence-electron chi connectivity index (χ3n) is 16.1. The van der Waals surface area contributed by atoms with Crippen molar-refractivity contribution in [3.63, 3.8) is 0 Å². The largest absolute Gasteiger partial charge is 0.375 e. The van der Waals surface area contributed by atoms with Gasteiger partial charge in [-0.15, -0.1) is 0 Å². The standard InChI is InChI=1S/C60H49BN2/c1-57(2,3)34-28-29-49-39(30-34)40-31-35(58(4,5)6)32-41-53-52-38-20-11-12-21-42(38)59(7,8)47(52)33-51-54(53)61(63(49)55(40)41)48-26-17-25-46-56(48)62(51)50-27-16-15-24-45(50)60(46)43-22-13-9-18-36(43)37-19-10-14-23-44(37)60/h9-33H,1-8H3. The van der Waals surface area contributed by atoms with Gasteiger partial charge in [-0.05, 0) is 130 Å². The van der Waals surface area contributed by atoms with E-state index in [1.54, 1.807) is 0 Å². The van der Waals surface area contributed by atoms with Crippen molar-refractivity contribution >= 4 is 56.6 Å². The van der Waals surface area contributed by atoms with Gasteiger partial charge >= 0.3 is 6.85 Å². The highest BCUT2D eigenvalue weighted by atomic mass is 15.2. The summed E-state index contributed by atoms with van der Waals surface area (Å²) in [5.41, 5.74) is 27.9. The highest BCUT2D eigenvalue weighted by Gasteiger charge is 2.56. The molecule has 0 N–H and O–H groups in total. The van der Waals surface area contributed by atoms with Gasteiger partial charge in [0, 0.05) is 44.2 Å². The summed E-state index contributed by atoms with van der Waals surface area (Å²) in [6.45, 7) is 19.1. The van der Waals surface area contributed by atoms with Crippen LogP contribution in [0.4, 0.5) is 17.1 Å². The Hall–Kier alpha value is -6.58. The van der Waals surface area contributed by atoms with Crippen LogP contribution in [0.1, 0.15) is 99.9 Å². The average molecular weight is 809 g/mol. The van der Waals surface area contributed by atoms with Crippen LogP contribution in [-0.4, -0.2) is 11.3 Å². The molecule has 3 aliphatic heterocycles. The number of fused-ring (bicyclic) bond motifs is 20. The minimum absolute atomic E-state index is 0.0128. The van der Waals surface area contributed by atoms with Crippen molar-refractivity contribution in [1.82, 2.24) is 4.48 Å². The molecule has 0 unspecified atom stereocenters. The minimum atomic E-state index is -0.484. The van der Waals surface area contributed by atoms with E-state index < -0.39 is 5.41 Å². The molecule has 0 saturated heterocycles. The van der Waals surface area contributed by atoms with E-state index in [-0.39, 0.29) is 23.1 Å². The fraction of sp³-hybridized carbons (Fsp3) is 0.200. The SMILES string of the molecule is CC(C)(C)c1ccc2c(c1)c1cc(C(C)(C)C)cc3c1n2B1c2cccc4c2N(c2ccccc2C42c4ccccc4-c4ccccc42)c2cc4c(c-3c21)-c1ccccc1C4(C)C. The van der Waals surface area contributed by atoms with Gasteiger partial charge in [0.25, 0.3) is 0 Å². The van der Waals surface area contributed by atoms with Crippen LogP contribution in [-0.2, 0) is 21.7 Å². The van der Waals surface area contributed by atoms with E-state index in [4.69, 9.17) is 0 Å². The fourth-order valence-electron chi connectivity index (χ4n) is 13.2. The van der Waals surface area contributed by atoms with Crippen molar-refractivity contribution in [2.75, 3.05) is 4.90 Å². The first-order valence-electron chi connectivity index (χ1n) is 23.0. The first kappa shape index (κ1) is 36.0. The molecule has 0 fully saturated rings. The number of nitrogens with zero attached hydrogens (tertiary/aromatic N) is 2. The zero-order valence-electron chi connectivity index (χ0n) is 37.4. The molecular weight excluding hydrogens is 759 g/mol. The third-order valence-corrected chi connectivity index (χ3v) is 16.1. The predicted molar refractivity (Wildman–Crippen MR) is 266 cm³/mol. The lowest BCUT2D eigenvalue weighted by Gasteiger charge is -2.50. The van der Waals surface area contributed by atoms with E-state index in [1.165, 1.54) is 128 Å². The first-order chi connectivity index (χ1) is 30.3. The molecule has 8 aromatic carbocycles. The van der Waals surface area contributed by atoms with Gasteiger partial charge in [0.1, 0.15) is 0 Å². The molecule has 4 heterocycles. The normalized spacial score (nSPS) is 16.1. The van der Waals surface area contributed by atoms with Crippen LogP contribution < -0.4 is 15.8 Å². The lowest BCUT2D eigenvalue weighted by Crippen LogP contribution is -2.58. The molecule has 14 rings (SSSR count). The Balaban J connectivity index is 1.21. The summed E-state index contributed by atoms with van der Waals surface area (Å²) < 4.78 is 2.78. The van der Waals surface area contributed by atoms with Gasteiger partial charge in [-0.3, -0.25) is 0 Å². The van der Waals surface area contributed by atoms with E-state index >= 15 is 0 Å². The lowest BCUT2D eigenvalue weighted by molar-refractivity contribution is 0.590. The smallest absolute Gasteiger partial charge is 0.333 e. The molecule has 0 atom stereocenters. The number of aromatic nitrogens is 1. The Morgan fingerprint density at radius 2 is 1.06 bits per heavy atom. The van der Waals surface area contributed by atoms with Gasteiger partial charge < -0.3 is 9.38 Å². The number of para-hydroxylation sites is 2. The second-order valence-electron chi connectivity index (χ2n) is 21.6. The molecule has 0 amide bonds. The molecule has 0 saturated carbocycles. The van der Waals surface area contributed by atoms with Gasteiger partial charge in [0.2, 0.25) is 0 Å². The van der Waals surface area contributed by atoms with E-state index in [0.29, 0.717) is 0 Å². The Bertz CT molecular complexity index is 3540. The summed E-state index contributed by atoms with van der Waals surface area (Å²) in [6, 6.07) is 59.5. The molecule has 0 bridgehead atoms. The maximum atomic E-state index is 2.78. The number of hydrogen-bond donors (Lipinski definition) is 0. The van der Waals surface area contributed by atoms with Crippen molar-refractivity contribution in [2.24, 2.45) is 0 Å². The summed E-state index contributed by atoms with van der Waals surface area (Å²) in [5, 5.41) is 2.71. The van der Waals surface area contributed by atoms with E-state index in [0.717, 1.165) is 0 Å². The topological polar surface area (TPSA) is 8.17 Å². The molecule has 2 aliphatic carbocycles. The number of rotatable bonds is 0. The van der Waals surface area contributed by atoms with E-state index in [1.807, 2.05) is 0 Å². The predicted octanol–water partition coefficient (Wildman–Crippen LogP) is 13.8. The highest BCUT2D eigenvalue weighted by Crippen LogP contribution is 2.65. The zero-order valence-corrected chi connectivity index (χ0v) is 37.4. The molecule has 5 aliphatic rings. The fourth-order valence-corrected chi connectivity index (χ4v) is 13.2. The van der Waals surface area contributed by atoms with E-state index in [2.05, 4.69) is 216 Å². The number of benzene rings is 8. The lowest BCUT2D eigenvalue weighted by atomic mass is 9.43. The minimum Gasteiger partial charge on any atom is -0.375 e. The quantitative estimate of drug-likeness (QED) is 0.139. The third kappa shape index (κ3) is 4.10. The van der Waals surface area contributed by atoms with Crippen LogP contribution in [0.2, 0.25) is 0 Å². The Morgan fingerprint density at radius 3 is 1.76 bits per heavy atom. The van der Waals surface area contributed by atoms with Gasteiger partial charge in [-0.1, -0.05) is 171 Å². The Morgan fingerprint density at radius 1 is 0.460 bits per heavy atom. The van der Waals surface area contributed by atoms with Gasteiger partial charge in [-0.25, -0.2) is 0 Å². The molecule has 3 heteroatoms. The van der Waals surface area contributed by atoms with Crippen LogP contribution in [0.25, 0.3) is 55.2 Å². The van der Waals surface area contributed by atoms with Crippen LogP contribution in [0.3, 0.4) is 0 Å². The molecule has 9 aromatic rings. The van der Waals surface area contributed by atoms with Crippen molar-refractivity contribution in [3.8, 4) is 33.4 Å². The Kier molecular flexibility index (Phi) is 6.46. The highest BCUT2D eigenvalue weighted by molar-refractivity contribution is 6.90. The summed E-state index contributed by atoms with van der Waals surface area (Å²) in [5.74, 6) is 0. The molecular formula is C60H49BN2. The maximum Gasteiger partial charge on any atom is 0.333 e. The Labute approximate surface area is 371 Å². The van der Waals surface area contributed by atoms with Crippen LogP contribution >= 0.6 is 0 Å². The van der Waals surface area contributed by atoms with Gasteiger partial charge in [0.15, 0.2) is 0 Å². The number of anilines is 3. The summed E-state index contributed by atoms with van der Waals surface area (Å²) in [7, 11) is 0. The zero-order chi connectivity index (χ0) is 42.7. The number of hydrogen-bond acceptors (Lipinski definition) is 1. The average Bonchev–Trinajstić information content (AvgIpc) is 3.85. The molecule has 2 nitrogen and oxygen atoms in total. The first-order valence-corrected chi connectivity index (χ1v) is 23.0. The molecule has 0 radical (unpaired) electrons. The van der Waals surface area contributed by atoms with Crippen LogP contribution in [0, 0.1) is 0 Å². The van der Waals surface area contributed by atoms with Crippen LogP contribution in [0.15, 0.2) is 152 Å². The van der Waals surface area contributed by atoms with E-state index in [9.17, 15) is 0 Å². The van der Waals surface area contributed by atoms with Gasteiger partial charge in [0.05, 0.1) is 11.1 Å². The summed E-state index contributed by atoms with van der Waals surface area (Å²) in [4.78, 5) is 2.71. The van der Waals surface area contributed by atoms with Crippen molar-refractivity contribution in [3.05, 3.63) is 196 Å². The monoisotopic (exact) mass is 808 g/mol. The van der Waals surface area contributed by atoms with Crippen molar-refractivity contribution < 1.29 is 0 Å². The second kappa shape index (κ2) is 11.3. The molecule has 302 valence electrons. The molecule has 63 heavy (non-hydrogen) atoms. The molecule has 1 spiro atoms. The van der Waals surface area contributed by atoms with Gasteiger partial charge in [-0.2, -0.15) is 0 Å². The second-order valence-corrected chi connectivity index (χ2v) is 21.6. The maximum absolute atomic E-state index is 2.78. The van der Waals surface area contributed by atoms with Crippen molar-refractivity contribution in [1.29, 1.82) is 0 Å². The summed E-state index contributed by atoms with van der Waals surface area (Å²) >= 11 is 0.